The van der Waals surface area contributed by atoms with Crippen molar-refractivity contribution in [3.63, 3.8) is 0 Å². The van der Waals surface area contributed by atoms with Crippen LogP contribution in [0.1, 0.15) is 25.7 Å². The molecule has 0 fully saturated rings. The smallest absolute Gasteiger partial charge is 0.0637 e. The summed E-state index contributed by atoms with van der Waals surface area (Å²) in [5.41, 5.74) is 1.52. The monoisotopic (exact) mass is 212 g/mol. The number of hydrogen-bond donors (Lipinski definition) is 1. The van der Waals surface area contributed by atoms with Gasteiger partial charge < -0.3 is 15.0 Å². The standard InChI is InChI=1S/C12H24N2O/c1-13-8-9-14(10-11-15-2)12-6-4-3-5-7-12/h6,13H,3-5,7-11H2,1-2H3. The van der Waals surface area contributed by atoms with Gasteiger partial charge in [0.2, 0.25) is 0 Å². The van der Waals surface area contributed by atoms with Crippen LogP contribution in [0.3, 0.4) is 0 Å². The van der Waals surface area contributed by atoms with Gasteiger partial charge in [0.25, 0.3) is 0 Å². The van der Waals surface area contributed by atoms with Gasteiger partial charge in [0.05, 0.1) is 6.61 Å². The summed E-state index contributed by atoms with van der Waals surface area (Å²) >= 11 is 0. The van der Waals surface area contributed by atoms with E-state index in [1.54, 1.807) is 7.11 Å². The Bertz CT molecular complexity index is 184. The molecule has 0 aliphatic heterocycles. The van der Waals surface area contributed by atoms with E-state index in [-0.39, 0.29) is 0 Å². The third-order valence-corrected chi connectivity index (χ3v) is 2.87. The van der Waals surface area contributed by atoms with Crippen LogP contribution >= 0.6 is 0 Å². The molecule has 1 N–H and O–H groups in total. The second-order valence-electron chi connectivity index (χ2n) is 4.02. The first-order chi connectivity index (χ1) is 7.38. The minimum atomic E-state index is 0.820. The van der Waals surface area contributed by atoms with E-state index in [0.29, 0.717) is 0 Å². The molecule has 3 heteroatoms. The number of rotatable bonds is 7. The van der Waals surface area contributed by atoms with Crippen molar-refractivity contribution < 1.29 is 4.74 Å². The van der Waals surface area contributed by atoms with Gasteiger partial charge in [0.1, 0.15) is 0 Å². The minimum absolute atomic E-state index is 0.820. The molecule has 0 bridgehead atoms. The quantitative estimate of drug-likeness (QED) is 0.694. The number of methoxy groups -OCH3 is 1. The van der Waals surface area contributed by atoms with Gasteiger partial charge in [0.15, 0.2) is 0 Å². The van der Waals surface area contributed by atoms with Gasteiger partial charge >= 0.3 is 0 Å². The molecule has 0 saturated carbocycles. The Balaban J connectivity index is 2.41. The third-order valence-electron chi connectivity index (χ3n) is 2.87. The lowest BCUT2D eigenvalue weighted by Crippen LogP contribution is -2.33. The topological polar surface area (TPSA) is 24.5 Å². The van der Waals surface area contributed by atoms with Crippen LogP contribution in [-0.2, 0) is 4.74 Å². The predicted molar refractivity (Wildman–Crippen MR) is 63.9 cm³/mol. The third kappa shape index (κ3) is 4.67. The number of nitrogens with one attached hydrogen (secondary N) is 1. The van der Waals surface area contributed by atoms with Gasteiger partial charge in [-0.25, -0.2) is 0 Å². The van der Waals surface area contributed by atoms with Crippen LogP contribution in [0.5, 0.6) is 0 Å². The van der Waals surface area contributed by atoms with E-state index in [1.165, 1.54) is 31.4 Å². The van der Waals surface area contributed by atoms with Crippen LogP contribution in [0.2, 0.25) is 0 Å². The van der Waals surface area contributed by atoms with Crippen LogP contribution in [0, 0.1) is 0 Å². The van der Waals surface area contributed by atoms with Gasteiger partial charge in [-0.3, -0.25) is 0 Å². The highest BCUT2D eigenvalue weighted by atomic mass is 16.5. The summed E-state index contributed by atoms with van der Waals surface area (Å²) in [6.45, 7) is 3.97. The van der Waals surface area contributed by atoms with E-state index in [1.807, 2.05) is 7.05 Å². The number of hydrogen-bond acceptors (Lipinski definition) is 3. The molecule has 88 valence electrons. The number of ether oxygens (including phenoxy) is 1. The van der Waals surface area contributed by atoms with Crippen molar-refractivity contribution in [3.8, 4) is 0 Å². The van der Waals surface area contributed by atoms with E-state index in [0.717, 1.165) is 26.2 Å². The Morgan fingerprint density at radius 2 is 2.27 bits per heavy atom. The summed E-state index contributed by atoms with van der Waals surface area (Å²) in [6.07, 6.45) is 7.59. The summed E-state index contributed by atoms with van der Waals surface area (Å²) in [5.74, 6) is 0. The van der Waals surface area contributed by atoms with Crippen LogP contribution in [-0.4, -0.2) is 45.3 Å². The van der Waals surface area contributed by atoms with E-state index < -0.39 is 0 Å². The maximum absolute atomic E-state index is 5.15. The Kier molecular flexibility index (Phi) is 6.44. The number of likely N-dealkylation sites (N-methyl/N-ethyl adjacent to an activating group) is 1. The van der Waals surface area contributed by atoms with Gasteiger partial charge in [0, 0.05) is 32.4 Å². The number of allylic oxidation sites excluding steroid dienone is 2. The summed E-state index contributed by atoms with van der Waals surface area (Å²) in [4.78, 5) is 2.46. The average molecular weight is 212 g/mol. The van der Waals surface area contributed by atoms with Crippen molar-refractivity contribution in [2.45, 2.75) is 25.7 Å². The molecule has 0 atom stereocenters. The zero-order valence-corrected chi connectivity index (χ0v) is 10.1. The summed E-state index contributed by atoms with van der Waals surface area (Å²) in [6, 6.07) is 0. The van der Waals surface area contributed by atoms with Crippen molar-refractivity contribution >= 4 is 0 Å². The van der Waals surface area contributed by atoms with Crippen LogP contribution in [0.15, 0.2) is 11.8 Å². The van der Waals surface area contributed by atoms with Crippen molar-refractivity contribution in [1.29, 1.82) is 0 Å². The van der Waals surface area contributed by atoms with Crippen molar-refractivity contribution in [1.82, 2.24) is 10.2 Å². The van der Waals surface area contributed by atoms with Crippen molar-refractivity contribution in [2.75, 3.05) is 40.4 Å². The fraction of sp³-hybridized carbons (Fsp3) is 0.833. The Morgan fingerprint density at radius 3 is 2.87 bits per heavy atom. The Morgan fingerprint density at radius 1 is 1.40 bits per heavy atom. The molecule has 0 unspecified atom stereocenters. The predicted octanol–water partition coefficient (Wildman–Crippen LogP) is 1.61. The molecular weight excluding hydrogens is 188 g/mol. The molecule has 0 aromatic rings. The largest absolute Gasteiger partial charge is 0.383 e. The second-order valence-corrected chi connectivity index (χ2v) is 4.02. The summed E-state index contributed by atoms with van der Waals surface area (Å²) in [5, 5.41) is 3.20. The zero-order valence-electron chi connectivity index (χ0n) is 10.1. The van der Waals surface area contributed by atoms with Crippen molar-refractivity contribution in [2.24, 2.45) is 0 Å². The molecule has 1 aliphatic rings. The van der Waals surface area contributed by atoms with Gasteiger partial charge in [-0.15, -0.1) is 0 Å². The molecule has 1 rings (SSSR count). The first-order valence-electron chi connectivity index (χ1n) is 5.96. The van der Waals surface area contributed by atoms with Crippen LogP contribution < -0.4 is 5.32 Å². The fourth-order valence-corrected chi connectivity index (χ4v) is 1.96. The maximum atomic E-state index is 5.15. The highest BCUT2D eigenvalue weighted by molar-refractivity contribution is 5.04. The van der Waals surface area contributed by atoms with Gasteiger partial charge in [-0.1, -0.05) is 6.08 Å². The molecule has 0 amide bonds. The molecule has 0 heterocycles. The van der Waals surface area contributed by atoms with E-state index in [2.05, 4.69) is 16.3 Å². The average Bonchev–Trinajstić information content (AvgIpc) is 2.30. The highest BCUT2D eigenvalue weighted by Gasteiger charge is 2.11. The summed E-state index contributed by atoms with van der Waals surface area (Å²) in [7, 11) is 3.77. The fourth-order valence-electron chi connectivity index (χ4n) is 1.96. The zero-order chi connectivity index (χ0) is 10.9. The lowest BCUT2D eigenvalue weighted by molar-refractivity contribution is 0.161. The lowest BCUT2D eigenvalue weighted by Gasteiger charge is -2.29. The van der Waals surface area contributed by atoms with Gasteiger partial charge in [-0.05, 0) is 32.7 Å². The van der Waals surface area contributed by atoms with Crippen molar-refractivity contribution in [3.05, 3.63) is 11.8 Å². The molecule has 0 saturated heterocycles. The SMILES string of the molecule is CNCCN(CCOC)C1=CCCCC1. The first-order valence-corrected chi connectivity index (χ1v) is 5.96. The molecule has 0 spiro atoms. The van der Waals surface area contributed by atoms with Crippen LogP contribution in [0.4, 0.5) is 0 Å². The van der Waals surface area contributed by atoms with Gasteiger partial charge in [-0.2, -0.15) is 0 Å². The first kappa shape index (κ1) is 12.5. The molecule has 0 aromatic carbocycles. The maximum Gasteiger partial charge on any atom is 0.0637 e. The number of nitrogens with zero attached hydrogens (tertiary/aromatic N) is 1. The molecule has 0 radical (unpaired) electrons. The summed E-state index contributed by atoms with van der Waals surface area (Å²) < 4.78 is 5.15. The van der Waals surface area contributed by atoms with Crippen LogP contribution in [0.25, 0.3) is 0 Å². The minimum Gasteiger partial charge on any atom is -0.383 e. The Labute approximate surface area is 93.5 Å². The molecule has 1 aliphatic carbocycles. The molecular formula is C12H24N2O. The van der Waals surface area contributed by atoms with E-state index in [9.17, 15) is 0 Å². The molecule has 15 heavy (non-hydrogen) atoms. The Hall–Kier alpha value is -0.540. The molecule has 0 aromatic heterocycles. The normalized spacial score (nSPS) is 16.3. The highest BCUT2D eigenvalue weighted by Crippen LogP contribution is 2.20. The van der Waals surface area contributed by atoms with E-state index >= 15 is 0 Å². The lowest BCUT2D eigenvalue weighted by atomic mass is 10.0. The second kappa shape index (κ2) is 7.71. The molecule has 3 nitrogen and oxygen atoms in total. The van der Waals surface area contributed by atoms with E-state index in [4.69, 9.17) is 4.74 Å².